The van der Waals surface area contributed by atoms with Gasteiger partial charge in [-0.15, -0.1) is 0 Å². The number of para-hydroxylation sites is 2. The van der Waals surface area contributed by atoms with E-state index in [2.05, 4.69) is 5.32 Å². The molecule has 0 bridgehead atoms. The molecular weight excluding hydrogens is 492 g/mol. The van der Waals surface area contributed by atoms with Gasteiger partial charge in [0.1, 0.15) is 24.1 Å². The molecule has 1 aliphatic carbocycles. The first-order valence-corrected chi connectivity index (χ1v) is 13.5. The second-order valence-corrected chi connectivity index (χ2v) is 11.0. The molecular formula is C32H38N2O5. The van der Waals surface area contributed by atoms with Crippen molar-refractivity contribution < 1.29 is 24.2 Å². The molecule has 0 aliphatic heterocycles. The normalized spacial score (nSPS) is 15.8. The van der Waals surface area contributed by atoms with E-state index in [1.165, 1.54) is 5.56 Å². The van der Waals surface area contributed by atoms with Gasteiger partial charge in [-0.3, -0.25) is 4.79 Å². The summed E-state index contributed by atoms with van der Waals surface area (Å²) in [5.74, 6) is 0.479. The second-order valence-electron chi connectivity index (χ2n) is 11.0. The highest BCUT2D eigenvalue weighted by atomic mass is 16.6. The van der Waals surface area contributed by atoms with Crippen molar-refractivity contribution in [2.24, 2.45) is 0 Å². The van der Waals surface area contributed by atoms with Crippen molar-refractivity contribution in [2.75, 3.05) is 18.5 Å². The predicted octanol–water partition coefficient (Wildman–Crippen LogP) is 5.86. The summed E-state index contributed by atoms with van der Waals surface area (Å²) < 4.78 is 11.5. The Morgan fingerprint density at radius 3 is 2.38 bits per heavy atom. The summed E-state index contributed by atoms with van der Waals surface area (Å²) in [6, 6.07) is 24.2. The molecule has 39 heavy (non-hydrogen) atoms. The molecule has 0 saturated carbocycles. The highest BCUT2D eigenvalue weighted by Crippen LogP contribution is 2.27. The summed E-state index contributed by atoms with van der Waals surface area (Å²) in [5.41, 5.74) is 2.83. The van der Waals surface area contributed by atoms with Gasteiger partial charge in [-0.25, -0.2) is 4.79 Å². The average molecular weight is 531 g/mol. The van der Waals surface area contributed by atoms with Crippen molar-refractivity contribution in [3.63, 3.8) is 0 Å². The number of hydrogen-bond acceptors (Lipinski definition) is 5. The van der Waals surface area contributed by atoms with Gasteiger partial charge in [0.25, 0.3) is 5.91 Å². The van der Waals surface area contributed by atoms with Crippen LogP contribution in [0.5, 0.6) is 5.75 Å². The number of aryl methyl sites for hydroxylation is 1. The number of aliphatic hydroxyl groups is 1. The molecule has 4 rings (SSSR count). The van der Waals surface area contributed by atoms with Crippen molar-refractivity contribution in [1.82, 2.24) is 4.90 Å². The topological polar surface area (TPSA) is 88.1 Å². The zero-order valence-corrected chi connectivity index (χ0v) is 22.9. The van der Waals surface area contributed by atoms with Crippen molar-refractivity contribution >= 4 is 17.7 Å². The number of nitrogens with zero attached hydrogens (tertiary/aromatic N) is 1. The number of fused-ring (bicyclic) bond motifs is 1. The molecule has 0 aromatic heterocycles. The van der Waals surface area contributed by atoms with Gasteiger partial charge in [0, 0.05) is 17.3 Å². The van der Waals surface area contributed by atoms with Crippen LogP contribution in [-0.2, 0) is 17.6 Å². The summed E-state index contributed by atoms with van der Waals surface area (Å²) in [6.07, 6.45) is 1.69. The molecule has 3 aromatic carbocycles. The molecule has 0 fully saturated rings. The highest BCUT2D eigenvalue weighted by Gasteiger charge is 2.32. The van der Waals surface area contributed by atoms with Gasteiger partial charge in [0.05, 0.1) is 6.54 Å². The molecule has 2 N–H and O–H groups in total. The van der Waals surface area contributed by atoms with E-state index in [9.17, 15) is 14.7 Å². The Hall–Kier alpha value is -3.84. The van der Waals surface area contributed by atoms with E-state index in [1.54, 1.807) is 4.90 Å². The molecule has 2 amide bonds. The van der Waals surface area contributed by atoms with Crippen LogP contribution in [0, 0.1) is 0 Å². The first kappa shape index (κ1) is 28.2. The lowest BCUT2D eigenvalue weighted by atomic mass is 9.98. The van der Waals surface area contributed by atoms with Crippen LogP contribution in [0.4, 0.5) is 10.5 Å². The lowest BCUT2D eigenvalue weighted by Crippen LogP contribution is -2.48. The maximum absolute atomic E-state index is 13.4. The first-order chi connectivity index (χ1) is 18.7. The van der Waals surface area contributed by atoms with Gasteiger partial charge in [0.15, 0.2) is 0 Å². The Morgan fingerprint density at radius 1 is 1.00 bits per heavy atom. The fourth-order valence-corrected chi connectivity index (χ4v) is 4.76. The molecule has 1 unspecified atom stereocenters. The SMILES string of the molecule is CC(C)(C)OC(=O)N(C[C@H](O)COc1ccccc1)C1CCCc2ccc(C(=O)Nc3ccccc3)cc2C1. The summed E-state index contributed by atoms with van der Waals surface area (Å²) in [5, 5.41) is 13.8. The van der Waals surface area contributed by atoms with Crippen molar-refractivity contribution in [2.45, 2.75) is 64.2 Å². The molecule has 7 nitrogen and oxygen atoms in total. The minimum atomic E-state index is -0.900. The molecule has 3 aromatic rings. The van der Waals surface area contributed by atoms with Crippen LogP contribution in [0.2, 0.25) is 0 Å². The Morgan fingerprint density at radius 2 is 1.69 bits per heavy atom. The predicted molar refractivity (Wildman–Crippen MR) is 152 cm³/mol. The summed E-state index contributed by atoms with van der Waals surface area (Å²) in [6.45, 7) is 5.63. The molecule has 0 radical (unpaired) electrons. The number of carbonyl (C=O) groups is 2. The van der Waals surface area contributed by atoms with E-state index >= 15 is 0 Å². The number of nitrogens with one attached hydrogen (secondary N) is 1. The van der Waals surface area contributed by atoms with Gasteiger partial charge >= 0.3 is 6.09 Å². The van der Waals surface area contributed by atoms with Gasteiger partial charge in [0.2, 0.25) is 0 Å². The van der Waals surface area contributed by atoms with Gasteiger partial charge in [-0.1, -0.05) is 42.5 Å². The number of rotatable bonds is 8. The lowest BCUT2D eigenvalue weighted by Gasteiger charge is -2.34. The highest BCUT2D eigenvalue weighted by molar-refractivity contribution is 6.04. The lowest BCUT2D eigenvalue weighted by molar-refractivity contribution is -0.00278. The average Bonchev–Trinajstić information content (AvgIpc) is 3.12. The van der Waals surface area contributed by atoms with E-state index < -0.39 is 17.8 Å². The number of ether oxygens (including phenoxy) is 2. The van der Waals surface area contributed by atoms with E-state index in [0.29, 0.717) is 17.7 Å². The number of carbonyl (C=O) groups excluding carboxylic acids is 2. The van der Waals surface area contributed by atoms with Crippen LogP contribution in [-0.4, -0.2) is 52.9 Å². The molecule has 0 spiro atoms. The number of aliphatic hydroxyl groups excluding tert-OH is 1. The number of benzene rings is 3. The van der Waals surface area contributed by atoms with Gasteiger partial charge < -0.3 is 24.8 Å². The largest absolute Gasteiger partial charge is 0.491 e. The molecule has 0 saturated heterocycles. The zero-order chi connectivity index (χ0) is 27.8. The Labute approximate surface area is 230 Å². The third-order valence-corrected chi connectivity index (χ3v) is 6.60. The van der Waals surface area contributed by atoms with Gasteiger partial charge in [-0.2, -0.15) is 0 Å². The quantitative estimate of drug-likeness (QED) is 0.356. The van der Waals surface area contributed by atoms with Crippen LogP contribution in [0.25, 0.3) is 0 Å². The van der Waals surface area contributed by atoms with Crippen LogP contribution in [0.15, 0.2) is 78.9 Å². The molecule has 7 heteroatoms. The van der Waals surface area contributed by atoms with Crippen molar-refractivity contribution in [3.05, 3.63) is 95.6 Å². The van der Waals surface area contributed by atoms with Crippen LogP contribution in [0.1, 0.15) is 55.1 Å². The van der Waals surface area contributed by atoms with E-state index in [0.717, 1.165) is 30.5 Å². The standard InChI is InChI=1S/C32H38N2O5/c1-32(2,3)39-31(37)34(21-28(35)22-38-29-15-8-5-9-16-29)27-14-10-11-23-17-18-24(19-25(23)20-27)30(36)33-26-12-6-4-7-13-26/h4-9,12-13,15-19,27-28,35H,10-11,14,20-22H2,1-3H3,(H,33,36)/t27?,28-/m0/s1. The van der Waals surface area contributed by atoms with E-state index in [-0.39, 0.29) is 25.1 Å². The minimum Gasteiger partial charge on any atom is -0.491 e. The van der Waals surface area contributed by atoms with E-state index in [1.807, 2.05) is 99.6 Å². The number of anilines is 1. The van der Waals surface area contributed by atoms with Crippen LogP contribution >= 0.6 is 0 Å². The zero-order valence-electron chi connectivity index (χ0n) is 22.9. The maximum Gasteiger partial charge on any atom is 0.410 e. The number of amides is 2. The Kier molecular flexibility index (Phi) is 9.25. The summed E-state index contributed by atoms with van der Waals surface area (Å²) >= 11 is 0. The van der Waals surface area contributed by atoms with Crippen molar-refractivity contribution in [3.8, 4) is 5.75 Å². The first-order valence-electron chi connectivity index (χ1n) is 13.5. The molecule has 206 valence electrons. The monoisotopic (exact) mass is 530 g/mol. The molecule has 2 atom stereocenters. The third kappa shape index (κ3) is 8.32. The summed E-state index contributed by atoms with van der Waals surface area (Å²) in [4.78, 5) is 28.0. The molecule has 0 heterocycles. The summed E-state index contributed by atoms with van der Waals surface area (Å²) in [7, 11) is 0. The van der Waals surface area contributed by atoms with Crippen LogP contribution in [0.3, 0.4) is 0 Å². The Balaban J connectivity index is 1.51. The fourth-order valence-electron chi connectivity index (χ4n) is 4.76. The van der Waals surface area contributed by atoms with Crippen molar-refractivity contribution in [1.29, 1.82) is 0 Å². The smallest absolute Gasteiger partial charge is 0.410 e. The van der Waals surface area contributed by atoms with Gasteiger partial charge in [-0.05, 0) is 94.0 Å². The fraction of sp³-hybridized carbons (Fsp3) is 0.375. The van der Waals surface area contributed by atoms with E-state index in [4.69, 9.17) is 9.47 Å². The molecule has 1 aliphatic rings. The Bertz CT molecular complexity index is 1240. The maximum atomic E-state index is 13.4. The number of hydrogen-bond donors (Lipinski definition) is 2. The third-order valence-electron chi connectivity index (χ3n) is 6.60. The minimum absolute atomic E-state index is 0.0520. The second kappa shape index (κ2) is 12.8. The van der Waals surface area contributed by atoms with Crippen LogP contribution < -0.4 is 10.1 Å².